The highest BCUT2D eigenvalue weighted by Crippen LogP contribution is 2.37. The molecule has 0 fully saturated rings. The number of carbonyl (C=O) groups excluding carboxylic acids is 1. The molecule has 0 spiro atoms. The number of fused-ring (bicyclic) bond motifs is 1. The summed E-state index contributed by atoms with van der Waals surface area (Å²) >= 11 is 7.54. The van der Waals surface area contributed by atoms with Crippen LogP contribution >= 0.6 is 22.9 Å². The predicted molar refractivity (Wildman–Crippen MR) is 87.6 cm³/mol. The van der Waals surface area contributed by atoms with Crippen molar-refractivity contribution in [3.8, 4) is 0 Å². The number of rotatable bonds is 4. The number of halogens is 1. The Labute approximate surface area is 128 Å². The second kappa shape index (κ2) is 6.02. The molecule has 20 heavy (non-hydrogen) atoms. The lowest BCUT2D eigenvalue weighted by molar-refractivity contribution is 0.0933. The minimum absolute atomic E-state index is 0.118. The Bertz CT molecular complexity index is 638. The molecule has 108 valence electrons. The number of benzene rings is 1. The van der Waals surface area contributed by atoms with E-state index >= 15 is 0 Å². The van der Waals surface area contributed by atoms with Crippen molar-refractivity contribution < 1.29 is 4.79 Å². The van der Waals surface area contributed by atoms with Crippen LogP contribution in [-0.4, -0.2) is 11.9 Å². The normalized spacial score (nSPS) is 14.2. The molecule has 2 rings (SSSR count). The maximum absolute atomic E-state index is 12.4. The highest BCUT2D eigenvalue weighted by atomic mass is 35.5. The molecule has 3 nitrogen and oxygen atoms in total. The molecule has 0 saturated heterocycles. The average molecular weight is 311 g/mol. The number of nitrogens with two attached hydrogens (primary N) is 1. The molecule has 0 radical (unpaired) electrons. The summed E-state index contributed by atoms with van der Waals surface area (Å²) in [5.74, 6) is 0.311. The maximum atomic E-state index is 12.4. The van der Waals surface area contributed by atoms with E-state index in [4.69, 9.17) is 17.3 Å². The minimum Gasteiger partial charge on any atom is -0.397 e. The molecule has 5 heteroatoms. The molecular weight excluding hydrogens is 292 g/mol. The molecule has 0 bridgehead atoms. The second-order valence-corrected chi connectivity index (χ2v) is 6.56. The fourth-order valence-electron chi connectivity index (χ4n) is 2.07. The van der Waals surface area contributed by atoms with E-state index in [1.165, 1.54) is 11.3 Å². The molecule has 0 aliphatic heterocycles. The summed E-state index contributed by atoms with van der Waals surface area (Å²) in [5, 5.41) is 4.38. The largest absolute Gasteiger partial charge is 0.397 e. The Morgan fingerprint density at radius 1 is 1.45 bits per heavy atom. The number of nitrogens with one attached hydrogen (secondary N) is 1. The fraction of sp³-hybridized carbons (Fsp3) is 0.400. The summed E-state index contributed by atoms with van der Waals surface area (Å²) in [6.07, 6.45) is 1.02. The predicted octanol–water partition coefficient (Wildman–Crippen LogP) is 4.30. The number of anilines is 1. The molecule has 2 atom stereocenters. The third-order valence-electron chi connectivity index (χ3n) is 3.76. The number of hydrogen-bond acceptors (Lipinski definition) is 3. The van der Waals surface area contributed by atoms with E-state index in [-0.39, 0.29) is 11.9 Å². The highest BCUT2D eigenvalue weighted by Gasteiger charge is 2.20. The van der Waals surface area contributed by atoms with Gasteiger partial charge in [-0.05, 0) is 25.0 Å². The first-order chi connectivity index (χ1) is 9.45. The van der Waals surface area contributed by atoms with Gasteiger partial charge in [-0.2, -0.15) is 0 Å². The van der Waals surface area contributed by atoms with Gasteiger partial charge >= 0.3 is 0 Å². The molecule has 0 aliphatic rings. The van der Waals surface area contributed by atoms with Gasteiger partial charge in [0.1, 0.15) is 4.88 Å². The Hall–Kier alpha value is -1.26. The summed E-state index contributed by atoms with van der Waals surface area (Å²) in [4.78, 5) is 12.9. The van der Waals surface area contributed by atoms with Crippen LogP contribution in [0.4, 0.5) is 5.69 Å². The summed E-state index contributed by atoms with van der Waals surface area (Å²) in [7, 11) is 0. The molecule has 1 aromatic heterocycles. The smallest absolute Gasteiger partial charge is 0.263 e. The van der Waals surface area contributed by atoms with E-state index in [2.05, 4.69) is 19.2 Å². The monoisotopic (exact) mass is 310 g/mol. The molecule has 1 aromatic carbocycles. The Morgan fingerprint density at radius 2 is 2.15 bits per heavy atom. The van der Waals surface area contributed by atoms with Crippen molar-refractivity contribution in [1.82, 2.24) is 5.32 Å². The van der Waals surface area contributed by atoms with Crippen LogP contribution in [0.25, 0.3) is 10.1 Å². The Kier molecular flexibility index (Phi) is 4.55. The van der Waals surface area contributed by atoms with Crippen molar-refractivity contribution in [3.63, 3.8) is 0 Å². The first-order valence-electron chi connectivity index (χ1n) is 6.73. The van der Waals surface area contributed by atoms with Crippen LogP contribution in [0.5, 0.6) is 0 Å². The van der Waals surface area contributed by atoms with E-state index in [1.54, 1.807) is 6.07 Å². The van der Waals surface area contributed by atoms with Crippen LogP contribution in [0, 0.1) is 5.92 Å². The van der Waals surface area contributed by atoms with E-state index in [1.807, 2.05) is 19.1 Å². The Morgan fingerprint density at radius 3 is 2.75 bits per heavy atom. The summed E-state index contributed by atoms with van der Waals surface area (Å²) < 4.78 is 0.941. The lowest BCUT2D eigenvalue weighted by Gasteiger charge is -2.19. The first-order valence-corrected chi connectivity index (χ1v) is 7.92. The van der Waals surface area contributed by atoms with Crippen LogP contribution in [0.3, 0.4) is 0 Å². The average Bonchev–Trinajstić information content (AvgIpc) is 2.76. The number of hydrogen-bond donors (Lipinski definition) is 2. The number of thiophene rings is 1. The van der Waals surface area contributed by atoms with E-state index < -0.39 is 0 Å². The lowest BCUT2D eigenvalue weighted by Crippen LogP contribution is -2.36. The third-order valence-corrected chi connectivity index (χ3v) is 5.25. The van der Waals surface area contributed by atoms with Crippen molar-refractivity contribution in [2.75, 3.05) is 5.73 Å². The molecule has 3 N–H and O–H groups in total. The van der Waals surface area contributed by atoms with Gasteiger partial charge in [0.05, 0.1) is 10.7 Å². The molecule has 1 amide bonds. The van der Waals surface area contributed by atoms with Gasteiger partial charge in [0.15, 0.2) is 0 Å². The first kappa shape index (κ1) is 15.1. The van der Waals surface area contributed by atoms with Gasteiger partial charge in [0.25, 0.3) is 5.91 Å². The van der Waals surface area contributed by atoms with Crippen LogP contribution in [-0.2, 0) is 0 Å². The second-order valence-electron chi connectivity index (χ2n) is 5.11. The standard InChI is InChI=1S/C15H19ClN2OS/c1-4-8(2)9(3)18-15(19)14-13(17)12-10(16)6-5-7-11(12)20-14/h5-9H,4,17H2,1-3H3,(H,18,19). The van der Waals surface area contributed by atoms with Gasteiger partial charge in [-0.3, -0.25) is 4.79 Å². The van der Waals surface area contributed by atoms with Crippen molar-refractivity contribution in [2.24, 2.45) is 5.92 Å². The number of nitrogen functional groups attached to an aromatic ring is 1. The van der Waals surface area contributed by atoms with Crippen LogP contribution in [0.15, 0.2) is 18.2 Å². The zero-order chi connectivity index (χ0) is 14.9. The number of carbonyl (C=O) groups is 1. The van der Waals surface area contributed by atoms with Gasteiger partial charge in [0, 0.05) is 16.1 Å². The van der Waals surface area contributed by atoms with Gasteiger partial charge in [-0.15, -0.1) is 11.3 Å². The van der Waals surface area contributed by atoms with E-state index in [0.717, 1.165) is 16.5 Å². The van der Waals surface area contributed by atoms with Gasteiger partial charge in [0.2, 0.25) is 0 Å². The van der Waals surface area contributed by atoms with Crippen LogP contribution < -0.4 is 11.1 Å². The van der Waals surface area contributed by atoms with Crippen molar-refractivity contribution in [3.05, 3.63) is 28.1 Å². The topological polar surface area (TPSA) is 55.1 Å². The summed E-state index contributed by atoms with van der Waals surface area (Å²) in [6, 6.07) is 5.70. The molecule has 0 saturated carbocycles. The van der Waals surface area contributed by atoms with Crippen molar-refractivity contribution in [1.29, 1.82) is 0 Å². The maximum Gasteiger partial charge on any atom is 0.263 e. The fourth-order valence-corrected chi connectivity index (χ4v) is 3.45. The van der Waals surface area contributed by atoms with Gasteiger partial charge in [-0.25, -0.2) is 0 Å². The van der Waals surface area contributed by atoms with Crippen LogP contribution in [0.1, 0.15) is 36.9 Å². The Balaban J connectivity index is 2.32. The van der Waals surface area contributed by atoms with Gasteiger partial charge in [-0.1, -0.05) is 37.9 Å². The summed E-state index contributed by atoms with van der Waals surface area (Å²) in [5.41, 5.74) is 6.57. The van der Waals surface area contributed by atoms with E-state index in [9.17, 15) is 4.79 Å². The zero-order valence-corrected chi connectivity index (χ0v) is 13.4. The zero-order valence-electron chi connectivity index (χ0n) is 11.9. The highest BCUT2D eigenvalue weighted by molar-refractivity contribution is 7.21. The molecule has 1 heterocycles. The number of amides is 1. The third kappa shape index (κ3) is 2.76. The molecule has 2 aromatic rings. The van der Waals surface area contributed by atoms with Crippen molar-refractivity contribution >= 4 is 44.6 Å². The quantitative estimate of drug-likeness (QED) is 0.884. The molecule has 0 aliphatic carbocycles. The van der Waals surface area contributed by atoms with E-state index in [0.29, 0.717) is 21.5 Å². The lowest BCUT2D eigenvalue weighted by atomic mass is 10.0. The van der Waals surface area contributed by atoms with Crippen molar-refractivity contribution in [2.45, 2.75) is 33.2 Å². The molecule has 2 unspecified atom stereocenters. The van der Waals surface area contributed by atoms with Gasteiger partial charge < -0.3 is 11.1 Å². The minimum atomic E-state index is -0.118. The molecular formula is C15H19ClN2OS. The SMILES string of the molecule is CCC(C)C(C)NC(=O)c1sc2cccc(Cl)c2c1N. The summed E-state index contributed by atoms with van der Waals surface area (Å²) in [6.45, 7) is 6.25. The van der Waals surface area contributed by atoms with Crippen LogP contribution in [0.2, 0.25) is 5.02 Å².